The summed E-state index contributed by atoms with van der Waals surface area (Å²) in [5.41, 5.74) is 7.06. The maximum atomic E-state index is 13.0. The van der Waals surface area contributed by atoms with Crippen molar-refractivity contribution in [2.45, 2.75) is 18.9 Å². The van der Waals surface area contributed by atoms with Crippen LogP contribution in [0.2, 0.25) is 5.02 Å². The molecule has 0 saturated heterocycles. The maximum Gasteiger partial charge on any atom is 0.416 e. The second-order valence-electron chi connectivity index (χ2n) is 8.07. The van der Waals surface area contributed by atoms with Gasteiger partial charge in [0.05, 0.1) is 5.56 Å². The minimum Gasteiger partial charge on any atom is -0.486 e. The van der Waals surface area contributed by atoms with Crippen molar-refractivity contribution >= 4 is 40.1 Å². The van der Waals surface area contributed by atoms with Crippen molar-refractivity contribution in [3.05, 3.63) is 53.1 Å². The highest BCUT2D eigenvalue weighted by atomic mass is 35.5. The average Bonchev–Trinajstić information content (AvgIpc) is 3.63. The lowest BCUT2D eigenvalue weighted by Gasteiger charge is -2.22. The summed E-state index contributed by atoms with van der Waals surface area (Å²) in [5, 5.41) is 3.69. The number of halogens is 1. The van der Waals surface area contributed by atoms with Gasteiger partial charge in [0.25, 0.3) is 5.91 Å². The maximum absolute atomic E-state index is 13.0. The highest BCUT2D eigenvalue weighted by molar-refractivity contribution is 7.19. The van der Waals surface area contributed by atoms with E-state index < -0.39 is 6.09 Å². The van der Waals surface area contributed by atoms with Gasteiger partial charge in [0, 0.05) is 24.2 Å². The number of amides is 2. The van der Waals surface area contributed by atoms with Gasteiger partial charge in [0.2, 0.25) is 5.88 Å². The van der Waals surface area contributed by atoms with E-state index in [2.05, 4.69) is 10.3 Å². The van der Waals surface area contributed by atoms with Gasteiger partial charge in [-0.25, -0.2) is 4.79 Å². The number of fused-ring (bicyclic) bond motifs is 1. The summed E-state index contributed by atoms with van der Waals surface area (Å²) in [6.07, 6.45) is 1.21. The lowest BCUT2D eigenvalue weighted by Crippen LogP contribution is -2.41. The average molecular weight is 515 g/mol. The molecule has 1 aliphatic carbocycles. The summed E-state index contributed by atoms with van der Waals surface area (Å²) in [6, 6.07) is 12.4. The van der Waals surface area contributed by atoms with Crippen LogP contribution in [-0.2, 0) is 0 Å². The number of carbonyl (C=O) groups is 2. The van der Waals surface area contributed by atoms with Crippen molar-refractivity contribution < 1.29 is 23.8 Å². The molecule has 3 aromatic rings. The topological polar surface area (TPSA) is 116 Å². The number of rotatable bonds is 7. The van der Waals surface area contributed by atoms with Crippen LogP contribution in [0.4, 0.5) is 9.93 Å². The third kappa shape index (κ3) is 5.28. The fourth-order valence-electron chi connectivity index (χ4n) is 3.79. The standard InChI is InChI=1S/C24H23ClN4O5S/c25-15-4-1-3-14(13-15)20-22(28-23(26)35-20)34-24(31)29(16-7-8-16)10-9-27-21(30)17-5-2-6-18-19(17)33-12-11-32-18/h1-6,13,16H,7-12H2,(H2,26,28)(H,27,30). The van der Waals surface area contributed by atoms with Gasteiger partial charge in [-0.3, -0.25) is 4.79 Å². The van der Waals surface area contributed by atoms with Gasteiger partial charge in [-0.2, -0.15) is 4.98 Å². The Morgan fingerprint density at radius 3 is 2.80 bits per heavy atom. The molecular formula is C24H23ClN4O5S. The number of hydrogen-bond donors (Lipinski definition) is 2. The number of nitrogens with zero attached hydrogens (tertiary/aromatic N) is 2. The summed E-state index contributed by atoms with van der Waals surface area (Å²) in [6.45, 7) is 1.36. The quantitative estimate of drug-likeness (QED) is 0.485. The summed E-state index contributed by atoms with van der Waals surface area (Å²) in [7, 11) is 0. The van der Waals surface area contributed by atoms with Crippen molar-refractivity contribution in [3.63, 3.8) is 0 Å². The molecular weight excluding hydrogens is 492 g/mol. The lowest BCUT2D eigenvalue weighted by atomic mass is 10.1. The molecule has 1 saturated carbocycles. The zero-order chi connectivity index (χ0) is 24.4. The normalized spacial score (nSPS) is 14.3. The second kappa shape index (κ2) is 10.0. The zero-order valence-corrected chi connectivity index (χ0v) is 20.2. The number of nitrogens with two attached hydrogens (primary N) is 1. The number of carbonyl (C=O) groups excluding carboxylic acids is 2. The monoisotopic (exact) mass is 514 g/mol. The Hall–Kier alpha value is -3.50. The highest BCUT2D eigenvalue weighted by Crippen LogP contribution is 2.39. The first-order valence-electron chi connectivity index (χ1n) is 11.2. The van der Waals surface area contributed by atoms with Crippen LogP contribution in [-0.4, -0.2) is 54.2 Å². The fourth-order valence-corrected chi connectivity index (χ4v) is 4.74. The largest absolute Gasteiger partial charge is 0.486 e. The molecule has 1 aliphatic heterocycles. The molecule has 9 nitrogen and oxygen atoms in total. The fraction of sp³-hybridized carbons (Fsp3) is 0.292. The second-order valence-corrected chi connectivity index (χ2v) is 9.54. The molecule has 0 spiro atoms. The molecule has 2 heterocycles. The molecule has 1 aromatic heterocycles. The summed E-state index contributed by atoms with van der Waals surface area (Å²) in [4.78, 5) is 32.2. The van der Waals surface area contributed by atoms with Crippen LogP contribution in [0.5, 0.6) is 17.4 Å². The van der Waals surface area contributed by atoms with Crippen LogP contribution >= 0.6 is 22.9 Å². The number of aromatic nitrogens is 1. The summed E-state index contributed by atoms with van der Waals surface area (Å²) in [5.74, 6) is 0.823. The van der Waals surface area contributed by atoms with E-state index in [0.717, 1.165) is 18.4 Å². The molecule has 0 radical (unpaired) electrons. The predicted molar refractivity (Wildman–Crippen MR) is 132 cm³/mol. The number of para-hydroxylation sites is 1. The van der Waals surface area contributed by atoms with E-state index in [1.165, 1.54) is 11.3 Å². The molecule has 2 amide bonds. The molecule has 5 rings (SSSR count). The van der Waals surface area contributed by atoms with Gasteiger partial charge >= 0.3 is 6.09 Å². The van der Waals surface area contributed by atoms with Crippen LogP contribution < -0.4 is 25.3 Å². The molecule has 0 unspecified atom stereocenters. The Balaban J connectivity index is 1.24. The zero-order valence-electron chi connectivity index (χ0n) is 18.7. The summed E-state index contributed by atoms with van der Waals surface area (Å²) < 4.78 is 16.8. The first-order chi connectivity index (χ1) is 17.0. The van der Waals surface area contributed by atoms with E-state index >= 15 is 0 Å². The van der Waals surface area contributed by atoms with Crippen LogP contribution in [0.1, 0.15) is 23.2 Å². The van der Waals surface area contributed by atoms with Crippen LogP contribution in [0, 0.1) is 0 Å². The highest BCUT2D eigenvalue weighted by Gasteiger charge is 2.34. The van der Waals surface area contributed by atoms with Crippen LogP contribution in [0.15, 0.2) is 42.5 Å². The first-order valence-corrected chi connectivity index (χ1v) is 12.4. The molecule has 0 atom stereocenters. The van der Waals surface area contributed by atoms with Crippen LogP contribution in [0.3, 0.4) is 0 Å². The third-order valence-corrected chi connectivity index (χ3v) is 6.70. The van der Waals surface area contributed by atoms with E-state index in [1.807, 2.05) is 6.07 Å². The van der Waals surface area contributed by atoms with Gasteiger partial charge in [-0.1, -0.05) is 41.1 Å². The van der Waals surface area contributed by atoms with Crippen molar-refractivity contribution in [3.8, 4) is 27.8 Å². The van der Waals surface area contributed by atoms with E-state index in [1.54, 1.807) is 41.3 Å². The van der Waals surface area contributed by atoms with E-state index in [0.29, 0.717) is 40.2 Å². The van der Waals surface area contributed by atoms with E-state index in [-0.39, 0.29) is 36.1 Å². The third-order valence-electron chi connectivity index (χ3n) is 5.55. The van der Waals surface area contributed by atoms with Crippen molar-refractivity contribution in [1.82, 2.24) is 15.2 Å². The number of ether oxygens (including phenoxy) is 3. The molecule has 2 aliphatic rings. The minimum absolute atomic E-state index is 0.0613. The van der Waals surface area contributed by atoms with Gasteiger partial charge in [-0.15, -0.1) is 0 Å². The van der Waals surface area contributed by atoms with Crippen LogP contribution in [0.25, 0.3) is 10.4 Å². The van der Waals surface area contributed by atoms with Crippen molar-refractivity contribution in [1.29, 1.82) is 0 Å². The lowest BCUT2D eigenvalue weighted by molar-refractivity contribution is 0.0933. The Morgan fingerprint density at radius 2 is 2.00 bits per heavy atom. The minimum atomic E-state index is -0.538. The van der Waals surface area contributed by atoms with Gasteiger partial charge in [-0.05, 0) is 42.7 Å². The number of benzene rings is 2. The smallest absolute Gasteiger partial charge is 0.416 e. The van der Waals surface area contributed by atoms with Gasteiger partial charge in [0.1, 0.15) is 18.1 Å². The molecule has 2 aromatic carbocycles. The van der Waals surface area contributed by atoms with Crippen molar-refractivity contribution in [2.75, 3.05) is 32.0 Å². The molecule has 0 bridgehead atoms. The summed E-state index contributed by atoms with van der Waals surface area (Å²) >= 11 is 7.33. The molecule has 35 heavy (non-hydrogen) atoms. The number of thiazole rings is 1. The SMILES string of the molecule is Nc1nc(OC(=O)N(CCNC(=O)c2cccc3c2OCCO3)C2CC2)c(-c2cccc(Cl)c2)s1. The Morgan fingerprint density at radius 1 is 1.20 bits per heavy atom. The number of nitrogens with one attached hydrogen (secondary N) is 1. The molecule has 11 heteroatoms. The Kier molecular flexibility index (Phi) is 6.65. The molecule has 182 valence electrons. The van der Waals surface area contributed by atoms with E-state index in [9.17, 15) is 9.59 Å². The first kappa shape index (κ1) is 23.3. The predicted octanol–water partition coefficient (Wildman–Crippen LogP) is 4.21. The number of nitrogen functional groups attached to an aromatic ring is 1. The van der Waals surface area contributed by atoms with Crippen molar-refractivity contribution in [2.24, 2.45) is 0 Å². The Labute approximate surface area is 210 Å². The molecule has 3 N–H and O–H groups in total. The Bertz CT molecular complexity index is 1260. The molecule has 1 fully saturated rings. The van der Waals surface area contributed by atoms with E-state index in [4.69, 9.17) is 31.5 Å². The van der Waals surface area contributed by atoms with Gasteiger partial charge in [0.15, 0.2) is 16.6 Å². The number of hydrogen-bond acceptors (Lipinski definition) is 8. The number of anilines is 1. The van der Waals surface area contributed by atoms with Gasteiger partial charge < -0.3 is 30.2 Å².